The number of hydrogen-bond donors (Lipinski definition) is 0. The molecule has 2 atom stereocenters. The minimum atomic E-state index is -0.540. The van der Waals surface area contributed by atoms with Crippen LogP contribution in [0.3, 0.4) is 0 Å². The molecule has 2 aromatic carbocycles. The van der Waals surface area contributed by atoms with Gasteiger partial charge in [0.1, 0.15) is 0 Å². The molecule has 1 heterocycles. The first-order valence-electron chi connectivity index (χ1n) is 11.5. The number of benzene rings is 2. The summed E-state index contributed by atoms with van der Waals surface area (Å²) in [5.74, 6) is 2.90. The Hall–Kier alpha value is -2.91. The standard InChI is InChI=1S/C27H36N2O4/c1-7-27(18-28,21-10-11-23(30-3)26(16-21)33-6)12-8-9-22-13-19-14-24(31-4)25(32-5)15-20(19)17-29(22)2/h10-11,14-16,22H,7-9,12-13,17H2,1-6H3. The summed E-state index contributed by atoms with van der Waals surface area (Å²) >= 11 is 0. The van der Waals surface area contributed by atoms with Crippen molar-refractivity contribution in [3.05, 3.63) is 47.0 Å². The van der Waals surface area contributed by atoms with E-state index in [4.69, 9.17) is 18.9 Å². The molecule has 0 bridgehead atoms. The van der Waals surface area contributed by atoms with Gasteiger partial charge < -0.3 is 18.9 Å². The second-order valence-electron chi connectivity index (χ2n) is 8.76. The lowest BCUT2D eigenvalue weighted by Gasteiger charge is -2.35. The van der Waals surface area contributed by atoms with E-state index in [2.05, 4.69) is 37.1 Å². The van der Waals surface area contributed by atoms with Crippen LogP contribution in [0.5, 0.6) is 23.0 Å². The van der Waals surface area contributed by atoms with Gasteiger partial charge in [0.2, 0.25) is 0 Å². The summed E-state index contributed by atoms with van der Waals surface area (Å²) in [6, 6.07) is 13.1. The molecule has 0 fully saturated rings. The van der Waals surface area contributed by atoms with E-state index in [1.54, 1.807) is 28.4 Å². The highest BCUT2D eigenvalue weighted by atomic mass is 16.5. The van der Waals surface area contributed by atoms with Gasteiger partial charge in [-0.05, 0) is 80.1 Å². The number of rotatable bonds is 10. The predicted octanol–water partition coefficient (Wildman–Crippen LogP) is 5.12. The summed E-state index contributed by atoms with van der Waals surface area (Å²) < 4.78 is 21.8. The molecule has 33 heavy (non-hydrogen) atoms. The fourth-order valence-electron chi connectivity index (χ4n) is 4.93. The highest BCUT2D eigenvalue weighted by molar-refractivity contribution is 5.49. The normalized spacial score (nSPS) is 17.4. The third-order valence-corrected chi connectivity index (χ3v) is 7.10. The molecule has 178 valence electrons. The molecule has 0 N–H and O–H groups in total. The van der Waals surface area contributed by atoms with Crippen LogP contribution in [0, 0.1) is 11.3 Å². The number of likely N-dealkylation sites (N-methyl/N-ethyl adjacent to an activating group) is 1. The average Bonchev–Trinajstić information content (AvgIpc) is 2.85. The molecule has 0 saturated carbocycles. The number of nitrogens with zero attached hydrogens (tertiary/aromatic N) is 2. The summed E-state index contributed by atoms with van der Waals surface area (Å²) in [6.45, 7) is 2.97. The highest BCUT2D eigenvalue weighted by Crippen LogP contribution is 2.39. The van der Waals surface area contributed by atoms with Gasteiger partial charge in [-0.1, -0.05) is 13.0 Å². The number of nitriles is 1. The molecule has 0 aromatic heterocycles. The van der Waals surface area contributed by atoms with Crippen molar-refractivity contribution in [3.63, 3.8) is 0 Å². The van der Waals surface area contributed by atoms with Crippen LogP contribution in [0.15, 0.2) is 30.3 Å². The molecule has 2 unspecified atom stereocenters. The Bertz CT molecular complexity index is 1000. The molecule has 1 aliphatic heterocycles. The zero-order valence-electron chi connectivity index (χ0n) is 20.7. The van der Waals surface area contributed by atoms with E-state index in [1.807, 2.05) is 18.2 Å². The summed E-state index contributed by atoms with van der Waals surface area (Å²) in [6.07, 6.45) is 4.51. The van der Waals surface area contributed by atoms with E-state index < -0.39 is 5.41 Å². The first-order valence-corrected chi connectivity index (χ1v) is 11.5. The molecule has 6 nitrogen and oxygen atoms in total. The van der Waals surface area contributed by atoms with Crippen LogP contribution >= 0.6 is 0 Å². The van der Waals surface area contributed by atoms with E-state index in [0.717, 1.165) is 55.7 Å². The van der Waals surface area contributed by atoms with E-state index in [0.29, 0.717) is 17.5 Å². The molecule has 3 rings (SSSR count). The zero-order chi connectivity index (χ0) is 24.0. The number of ether oxygens (including phenoxy) is 4. The van der Waals surface area contributed by atoms with Crippen LogP contribution in [-0.2, 0) is 18.4 Å². The molecule has 0 amide bonds. The summed E-state index contributed by atoms with van der Waals surface area (Å²) in [7, 11) is 8.78. The van der Waals surface area contributed by atoms with Gasteiger partial charge in [0.05, 0.1) is 39.9 Å². The van der Waals surface area contributed by atoms with Crippen LogP contribution in [0.4, 0.5) is 0 Å². The monoisotopic (exact) mass is 452 g/mol. The lowest BCUT2D eigenvalue weighted by molar-refractivity contribution is 0.197. The van der Waals surface area contributed by atoms with Crippen molar-refractivity contribution in [2.24, 2.45) is 0 Å². The van der Waals surface area contributed by atoms with Crippen LogP contribution in [0.25, 0.3) is 0 Å². The Morgan fingerprint density at radius 1 is 0.939 bits per heavy atom. The van der Waals surface area contributed by atoms with Crippen LogP contribution < -0.4 is 18.9 Å². The van der Waals surface area contributed by atoms with Crippen molar-refractivity contribution in [1.29, 1.82) is 5.26 Å². The third-order valence-electron chi connectivity index (χ3n) is 7.10. The van der Waals surface area contributed by atoms with E-state index in [1.165, 1.54) is 11.1 Å². The van der Waals surface area contributed by atoms with Gasteiger partial charge in [0, 0.05) is 12.6 Å². The largest absolute Gasteiger partial charge is 0.493 e. The van der Waals surface area contributed by atoms with Crippen molar-refractivity contribution in [3.8, 4) is 29.1 Å². The van der Waals surface area contributed by atoms with Crippen molar-refractivity contribution >= 4 is 0 Å². The van der Waals surface area contributed by atoms with E-state index in [-0.39, 0.29) is 0 Å². The van der Waals surface area contributed by atoms with Gasteiger partial charge in [-0.3, -0.25) is 4.90 Å². The minimum Gasteiger partial charge on any atom is -0.493 e. The fourth-order valence-corrected chi connectivity index (χ4v) is 4.93. The molecule has 0 aliphatic carbocycles. The van der Waals surface area contributed by atoms with Crippen molar-refractivity contribution in [2.75, 3.05) is 35.5 Å². The van der Waals surface area contributed by atoms with Gasteiger partial charge in [-0.15, -0.1) is 0 Å². The molecular weight excluding hydrogens is 416 g/mol. The molecule has 2 aromatic rings. The van der Waals surface area contributed by atoms with Gasteiger partial charge in [0.15, 0.2) is 23.0 Å². The molecular formula is C27H36N2O4. The highest BCUT2D eigenvalue weighted by Gasteiger charge is 2.32. The predicted molar refractivity (Wildman–Crippen MR) is 129 cm³/mol. The zero-order valence-corrected chi connectivity index (χ0v) is 20.7. The maximum atomic E-state index is 10.2. The first-order chi connectivity index (χ1) is 15.9. The average molecular weight is 453 g/mol. The van der Waals surface area contributed by atoms with Gasteiger partial charge >= 0.3 is 0 Å². The first kappa shape index (κ1) is 24.7. The third kappa shape index (κ3) is 5.04. The second kappa shape index (κ2) is 10.8. The van der Waals surface area contributed by atoms with Crippen LogP contribution in [0.2, 0.25) is 0 Å². The fraction of sp³-hybridized carbons (Fsp3) is 0.519. The van der Waals surface area contributed by atoms with Crippen molar-refractivity contribution in [1.82, 2.24) is 4.90 Å². The number of methoxy groups -OCH3 is 4. The Morgan fingerprint density at radius 2 is 1.55 bits per heavy atom. The van der Waals surface area contributed by atoms with Gasteiger partial charge in [0.25, 0.3) is 0 Å². The molecule has 0 saturated heterocycles. The van der Waals surface area contributed by atoms with Crippen LogP contribution in [-0.4, -0.2) is 46.4 Å². The molecule has 0 radical (unpaired) electrons. The van der Waals surface area contributed by atoms with Crippen molar-refractivity contribution < 1.29 is 18.9 Å². The lowest BCUT2D eigenvalue weighted by atomic mass is 9.75. The van der Waals surface area contributed by atoms with Gasteiger partial charge in [-0.2, -0.15) is 5.26 Å². The summed E-state index contributed by atoms with van der Waals surface area (Å²) in [5.41, 5.74) is 3.06. The summed E-state index contributed by atoms with van der Waals surface area (Å²) in [4.78, 5) is 2.41. The minimum absolute atomic E-state index is 0.425. The van der Waals surface area contributed by atoms with Crippen molar-refractivity contribution in [2.45, 2.75) is 57.0 Å². The molecule has 0 spiro atoms. The summed E-state index contributed by atoms with van der Waals surface area (Å²) in [5, 5.41) is 10.2. The number of fused-ring (bicyclic) bond motifs is 1. The second-order valence-corrected chi connectivity index (χ2v) is 8.76. The Kier molecular flexibility index (Phi) is 8.10. The molecule has 1 aliphatic rings. The smallest absolute Gasteiger partial charge is 0.161 e. The maximum Gasteiger partial charge on any atom is 0.161 e. The van der Waals surface area contributed by atoms with E-state index >= 15 is 0 Å². The van der Waals surface area contributed by atoms with Gasteiger partial charge in [-0.25, -0.2) is 0 Å². The maximum absolute atomic E-state index is 10.2. The molecule has 6 heteroatoms. The SMILES string of the molecule is CCC(C#N)(CCCC1Cc2cc(OC)c(OC)cc2CN1C)c1ccc(OC)c(OC)c1. The number of hydrogen-bond acceptors (Lipinski definition) is 6. The van der Waals surface area contributed by atoms with Crippen LogP contribution in [0.1, 0.15) is 49.3 Å². The Morgan fingerprint density at radius 3 is 2.12 bits per heavy atom. The topological polar surface area (TPSA) is 64.0 Å². The lowest BCUT2D eigenvalue weighted by Crippen LogP contribution is -2.37. The quantitative estimate of drug-likeness (QED) is 0.499. The Labute approximate surface area is 198 Å². The Balaban J connectivity index is 1.73. The van der Waals surface area contributed by atoms with E-state index in [9.17, 15) is 5.26 Å².